The fraction of sp³-hybridized carbons (Fsp3) is 0.167. The van der Waals surface area contributed by atoms with E-state index < -0.39 is 34.3 Å². The van der Waals surface area contributed by atoms with E-state index in [1.165, 1.54) is 14.1 Å². The van der Waals surface area contributed by atoms with Crippen molar-refractivity contribution in [3.63, 3.8) is 0 Å². The van der Waals surface area contributed by atoms with Crippen LogP contribution in [-0.4, -0.2) is 9.13 Å². The zero-order valence-corrected chi connectivity index (χ0v) is 9.53. The van der Waals surface area contributed by atoms with Crippen molar-refractivity contribution in [2.75, 3.05) is 0 Å². The molecule has 18 heavy (non-hydrogen) atoms. The van der Waals surface area contributed by atoms with E-state index >= 15 is 0 Å². The third kappa shape index (κ3) is 1.02. The Hall–Kier alpha value is -2.50. The lowest BCUT2D eigenvalue weighted by molar-refractivity contribution is 0.854. The highest BCUT2D eigenvalue weighted by atomic mass is 16.2. The van der Waals surface area contributed by atoms with E-state index in [0.29, 0.717) is 0 Å². The molecule has 0 saturated carbocycles. The highest BCUT2D eigenvalue weighted by Gasteiger charge is 2.16. The Morgan fingerprint density at radius 3 is 1.17 bits per heavy atom. The summed E-state index contributed by atoms with van der Waals surface area (Å²) >= 11 is 0. The molecule has 6 heteroatoms. The second-order valence-corrected chi connectivity index (χ2v) is 4.09. The monoisotopic (exact) mass is 246 g/mol. The molecule has 3 rings (SSSR count). The fourth-order valence-corrected chi connectivity index (χ4v) is 2.00. The van der Waals surface area contributed by atoms with Gasteiger partial charge >= 0.3 is 0 Å². The molecule has 6 nitrogen and oxygen atoms in total. The van der Waals surface area contributed by atoms with Crippen LogP contribution in [-0.2, 0) is 14.1 Å². The lowest BCUT2D eigenvalue weighted by atomic mass is 10.1. The quantitative estimate of drug-likeness (QED) is 0.509. The van der Waals surface area contributed by atoms with Gasteiger partial charge in [-0.05, 0) is 12.1 Å². The van der Waals surface area contributed by atoms with Crippen LogP contribution >= 0.6 is 0 Å². The zero-order valence-electron chi connectivity index (χ0n) is 11.5. The van der Waals surface area contributed by atoms with Gasteiger partial charge in [-0.3, -0.25) is 28.3 Å². The van der Waals surface area contributed by atoms with Crippen molar-refractivity contribution < 1.29 is 2.74 Å². The Morgan fingerprint density at radius 2 is 0.944 bits per heavy atom. The summed E-state index contributed by atoms with van der Waals surface area (Å²) in [4.78, 5) is 47.8. The average molecular weight is 246 g/mol. The highest BCUT2D eigenvalue weighted by molar-refractivity contribution is 5.97. The molecule has 3 aromatic rings. The van der Waals surface area contributed by atoms with Gasteiger partial charge in [0.2, 0.25) is 0 Å². The summed E-state index contributed by atoms with van der Waals surface area (Å²) in [6.07, 6.45) is 0. The largest absolute Gasteiger partial charge is 0.277 e. The molecule has 0 amide bonds. The minimum absolute atomic E-state index is 0.280. The third-order valence-corrected chi connectivity index (χ3v) is 3.07. The first kappa shape index (κ1) is 8.57. The van der Waals surface area contributed by atoms with Gasteiger partial charge in [-0.15, -0.1) is 0 Å². The van der Waals surface area contributed by atoms with E-state index in [2.05, 4.69) is 0 Å². The minimum atomic E-state index is -0.735. The first-order valence-corrected chi connectivity index (χ1v) is 5.11. The molecule has 0 unspecified atom stereocenters. The van der Waals surface area contributed by atoms with E-state index in [1.54, 1.807) is 0 Å². The van der Waals surface area contributed by atoms with Gasteiger partial charge in [-0.25, -0.2) is 0 Å². The van der Waals surface area contributed by atoms with Gasteiger partial charge in [-0.1, -0.05) is 0 Å². The van der Waals surface area contributed by atoms with Crippen LogP contribution in [0, 0.1) is 0 Å². The first-order chi connectivity index (χ1) is 9.29. The van der Waals surface area contributed by atoms with Crippen molar-refractivity contribution in [2.24, 2.45) is 14.1 Å². The van der Waals surface area contributed by atoms with Crippen molar-refractivity contribution in [3.05, 3.63) is 53.5 Å². The number of hydrogen-bond acceptors (Lipinski definition) is 4. The van der Waals surface area contributed by atoms with Crippen molar-refractivity contribution in [2.45, 2.75) is 0 Å². The first-order valence-electron chi connectivity index (χ1n) is 6.11. The number of fused-ring (bicyclic) bond motifs is 2. The van der Waals surface area contributed by atoms with Gasteiger partial charge in [0.25, 0.3) is 22.2 Å². The molecule has 0 N–H and O–H groups in total. The Labute approximate surface area is 102 Å². The number of hydrogen-bond donors (Lipinski definition) is 0. The predicted molar refractivity (Wildman–Crippen MR) is 66.8 cm³/mol. The van der Waals surface area contributed by atoms with Crippen LogP contribution in [0.1, 0.15) is 2.74 Å². The maximum Gasteiger partial charge on any atom is 0.261 e. The smallest absolute Gasteiger partial charge is 0.261 e. The molecule has 1 aromatic carbocycles. The van der Waals surface area contributed by atoms with Gasteiger partial charge in [0.15, 0.2) is 0 Å². The van der Waals surface area contributed by atoms with Gasteiger partial charge in [0.05, 0.1) is 24.3 Å². The van der Waals surface area contributed by atoms with Gasteiger partial charge in [-0.2, -0.15) is 0 Å². The van der Waals surface area contributed by atoms with Gasteiger partial charge in [0, 0.05) is 14.1 Å². The molecule has 0 radical (unpaired) electrons. The Balaban J connectivity index is 2.94. The molecule has 2 heterocycles. The van der Waals surface area contributed by atoms with E-state index in [1.807, 2.05) is 0 Å². The molecule has 2 aromatic heterocycles. The summed E-state index contributed by atoms with van der Waals surface area (Å²) in [5, 5.41) is -1.12. The van der Waals surface area contributed by atoms with Crippen LogP contribution in [0.3, 0.4) is 0 Å². The van der Waals surface area contributed by atoms with Crippen molar-refractivity contribution in [3.8, 4) is 0 Å². The van der Waals surface area contributed by atoms with E-state index in [4.69, 9.17) is 2.74 Å². The van der Waals surface area contributed by atoms with Crippen molar-refractivity contribution in [1.29, 1.82) is 0 Å². The molecule has 0 atom stereocenters. The maximum atomic E-state index is 11.9. The van der Waals surface area contributed by atoms with E-state index in [0.717, 1.165) is 9.13 Å². The number of aromatic nitrogens is 2. The van der Waals surface area contributed by atoms with Crippen molar-refractivity contribution >= 4 is 21.5 Å². The summed E-state index contributed by atoms with van der Waals surface area (Å²) in [7, 11) is 2.45. The fourth-order valence-electron chi connectivity index (χ4n) is 2.00. The second-order valence-electron chi connectivity index (χ2n) is 4.09. The van der Waals surface area contributed by atoms with Crippen LogP contribution in [0.15, 0.2) is 31.3 Å². The molecule has 90 valence electrons. The normalized spacial score (nSPS) is 13.2. The number of benzene rings is 1. The van der Waals surface area contributed by atoms with Crippen LogP contribution in [0.2, 0.25) is 0 Å². The van der Waals surface area contributed by atoms with E-state index in [-0.39, 0.29) is 21.5 Å². The molecule has 0 fully saturated rings. The van der Waals surface area contributed by atoms with E-state index in [9.17, 15) is 19.2 Å². The summed E-state index contributed by atoms with van der Waals surface area (Å²) < 4.78 is 17.4. The summed E-state index contributed by atoms with van der Waals surface area (Å²) in [6.45, 7) is 0. The summed E-state index contributed by atoms with van der Waals surface area (Å²) in [5.74, 6) is 0. The lowest BCUT2D eigenvalue weighted by Crippen LogP contribution is -2.21. The van der Waals surface area contributed by atoms with Crippen LogP contribution in [0.5, 0.6) is 0 Å². The van der Waals surface area contributed by atoms with Crippen molar-refractivity contribution in [1.82, 2.24) is 9.13 Å². The van der Waals surface area contributed by atoms with Crippen LogP contribution in [0.4, 0.5) is 0 Å². The lowest BCUT2D eigenvalue weighted by Gasteiger charge is -1.86. The summed E-state index contributed by atoms with van der Waals surface area (Å²) in [5.41, 5.74) is -2.94. The highest BCUT2D eigenvalue weighted by Crippen LogP contribution is 2.13. The van der Waals surface area contributed by atoms with Crippen LogP contribution < -0.4 is 22.2 Å². The SMILES string of the molecule is [2H]c1c2c(=O)n(C)c(=O)c2c([2H])c2c(=O)n(C)c(=O)c12. The van der Waals surface area contributed by atoms with Crippen LogP contribution in [0.25, 0.3) is 21.5 Å². The zero-order chi connectivity index (χ0) is 14.9. The molecule has 0 spiro atoms. The second kappa shape index (κ2) is 3.04. The van der Waals surface area contributed by atoms with Gasteiger partial charge in [0.1, 0.15) is 0 Å². The molecule has 0 bridgehead atoms. The summed E-state index contributed by atoms with van der Waals surface area (Å²) in [6, 6.07) is -0.923. The Kier molecular flexibility index (Phi) is 1.45. The molecular formula is C12H8N2O4. The average Bonchev–Trinajstić information content (AvgIpc) is 2.77. The minimum Gasteiger partial charge on any atom is -0.277 e. The third-order valence-electron chi connectivity index (χ3n) is 3.07. The molecule has 0 aliphatic rings. The molecule has 0 saturated heterocycles. The molecular weight excluding hydrogens is 236 g/mol. The maximum absolute atomic E-state index is 11.9. The predicted octanol–water partition coefficient (Wildman–Crippen LogP) is -1.01. The Morgan fingerprint density at radius 1 is 0.722 bits per heavy atom. The topological polar surface area (TPSA) is 78.1 Å². The Bertz CT molecular complexity index is 943. The molecule has 0 aliphatic carbocycles. The standard InChI is InChI=1S/C12H8N2O4/c1-13-9(15)5-3-7-8(4-6(5)10(13)16)12(18)14(2)11(7)17/h3-4H,1-2H3/i3D,4D. The molecule has 0 aliphatic heterocycles. The van der Waals surface area contributed by atoms with Gasteiger partial charge < -0.3 is 0 Å². The number of nitrogens with zero attached hydrogens (tertiary/aromatic N) is 2. The number of rotatable bonds is 0.